The van der Waals surface area contributed by atoms with Crippen molar-refractivity contribution in [3.05, 3.63) is 29.8 Å². The summed E-state index contributed by atoms with van der Waals surface area (Å²) in [6.45, 7) is 8.97. The molecule has 1 N–H and O–H groups in total. The predicted octanol–water partition coefficient (Wildman–Crippen LogP) is 3.76. The Balaban J connectivity index is 2.09. The Hall–Kier alpha value is -1.02. The van der Waals surface area contributed by atoms with Crippen LogP contribution in [0.2, 0.25) is 0 Å². The van der Waals surface area contributed by atoms with Gasteiger partial charge in [0.15, 0.2) is 0 Å². The maximum atomic E-state index is 9.80. The zero-order valence-electron chi connectivity index (χ0n) is 11.8. The lowest BCUT2D eigenvalue weighted by Crippen LogP contribution is -2.40. The topological polar surface area (TPSA) is 23.5 Å². The highest BCUT2D eigenvalue weighted by molar-refractivity contribution is 5.48. The molecule has 0 saturated carbocycles. The van der Waals surface area contributed by atoms with Gasteiger partial charge in [0.05, 0.1) is 6.10 Å². The van der Waals surface area contributed by atoms with E-state index in [1.807, 2.05) is 6.92 Å². The first-order valence-electron chi connectivity index (χ1n) is 7.05. The third-order valence-electron chi connectivity index (χ3n) is 3.93. The van der Waals surface area contributed by atoms with Crippen molar-refractivity contribution in [3.63, 3.8) is 0 Å². The lowest BCUT2D eigenvalue weighted by atomic mass is 9.84. The molecular formula is C16H25NO. The molecule has 0 aliphatic carbocycles. The monoisotopic (exact) mass is 247 g/mol. The highest BCUT2D eigenvalue weighted by Gasteiger charge is 2.26. The van der Waals surface area contributed by atoms with Gasteiger partial charge in [0.2, 0.25) is 0 Å². The van der Waals surface area contributed by atoms with Crippen LogP contribution in [0.4, 0.5) is 5.69 Å². The number of piperidine rings is 1. The molecule has 1 heterocycles. The van der Waals surface area contributed by atoms with Crippen LogP contribution in [0.3, 0.4) is 0 Å². The van der Waals surface area contributed by atoms with E-state index in [4.69, 9.17) is 0 Å². The second-order valence-corrected chi connectivity index (χ2v) is 6.20. The number of nitrogens with zero attached hydrogens (tertiary/aromatic N) is 1. The zero-order valence-corrected chi connectivity index (χ0v) is 11.8. The lowest BCUT2D eigenvalue weighted by Gasteiger charge is -2.39. The second-order valence-electron chi connectivity index (χ2n) is 6.20. The van der Waals surface area contributed by atoms with Crippen LogP contribution in [-0.4, -0.2) is 18.2 Å². The van der Waals surface area contributed by atoms with Gasteiger partial charge in [-0.1, -0.05) is 32.9 Å². The number of anilines is 1. The van der Waals surface area contributed by atoms with E-state index in [0.717, 1.165) is 25.1 Å². The van der Waals surface area contributed by atoms with Crippen molar-refractivity contribution in [2.75, 3.05) is 18.0 Å². The predicted molar refractivity (Wildman–Crippen MR) is 76.9 cm³/mol. The highest BCUT2D eigenvalue weighted by atomic mass is 16.3. The van der Waals surface area contributed by atoms with Crippen LogP contribution in [0.25, 0.3) is 0 Å². The summed E-state index contributed by atoms with van der Waals surface area (Å²) in [5, 5.41) is 9.80. The van der Waals surface area contributed by atoms with Crippen molar-refractivity contribution in [2.24, 2.45) is 5.41 Å². The maximum absolute atomic E-state index is 9.80. The van der Waals surface area contributed by atoms with Crippen LogP contribution in [0, 0.1) is 5.41 Å². The standard InChI is InChI=1S/C16H25NO/c1-4-15(18)13-6-8-14(9-7-13)17-11-5-10-16(2,3)12-17/h6-9,15,18H,4-5,10-12H2,1-3H3/t15-/m1/s1. The molecule has 0 amide bonds. The Morgan fingerprint density at radius 1 is 1.28 bits per heavy atom. The fraction of sp³-hybridized carbons (Fsp3) is 0.625. The van der Waals surface area contributed by atoms with Crippen LogP contribution >= 0.6 is 0 Å². The molecule has 1 saturated heterocycles. The van der Waals surface area contributed by atoms with Crippen LogP contribution in [0.5, 0.6) is 0 Å². The molecule has 1 aromatic carbocycles. The first-order valence-corrected chi connectivity index (χ1v) is 7.05. The van der Waals surface area contributed by atoms with Crippen molar-refractivity contribution in [2.45, 2.75) is 46.1 Å². The minimum atomic E-state index is -0.322. The first-order chi connectivity index (χ1) is 8.52. The zero-order chi connectivity index (χ0) is 13.2. The van der Waals surface area contributed by atoms with E-state index < -0.39 is 0 Å². The molecule has 0 spiro atoms. The Bertz CT molecular complexity index is 383. The van der Waals surface area contributed by atoms with Gasteiger partial charge in [-0.05, 0) is 42.4 Å². The van der Waals surface area contributed by atoms with Crippen molar-refractivity contribution in [1.82, 2.24) is 0 Å². The van der Waals surface area contributed by atoms with Gasteiger partial charge in [-0.25, -0.2) is 0 Å². The molecule has 0 bridgehead atoms. The summed E-state index contributed by atoms with van der Waals surface area (Å²) >= 11 is 0. The van der Waals surface area contributed by atoms with E-state index in [1.165, 1.54) is 18.5 Å². The third kappa shape index (κ3) is 3.05. The second kappa shape index (κ2) is 5.31. The Kier molecular flexibility index (Phi) is 3.96. The minimum Gasteiger partial charge on any atom is -0.388 e. The number of rotatable bonds is 3. The summed E-state index contributed by atoms with van der Waals surface area (Å²) in [4.78, 5) is 2.46. The fourth-order valence-corrected chi connectivity index (χ4v) is 2.79. The van der Waals surface area contributed by atoms with Crippen molar-refractivity contribution in [1.29, 1.82) is 0 Å². The van der Waals surface area contributed by atoms with Crippen molar-refractivity contribution >= 4 is 5.69 Å². The van der Waals surface area contributed by atoms with Crippen LogP contribution in [-0.2, 0) is 0 Å². The fourth-order valence-electron chi connectivity index (χ4n) is 2.79. The summed E-state index contributed by atoms with van der Waals surface area (Å²) in [5.41, 5.74) is 2.73. The molecule has 2 rings (SSSR count). The summed E-state index contributed by atoms with van der Waals surface area (Å²) in [6.07, 6.45) is 3.04. The third-order valence-corrected chi connectivity index (χ3v) is 3.93. The molecular weight excluding hydrogens is 222 g/mol. The van der Waals surface area contributed by atoms with Crippen molar-refractivity contribution < 1.29 is 5.11 Å². The van der Waals surface area contributed by atoms with E-state index in [-0.39, 0.29) is 6.10 Å². The van der Waals surface area contributed by atoms with E-state index in [1.54, 1.807) is 0 Å². The SMILES string of the molecule is CC[C@@H](O)c1ccc(N2CCCC(C)(C)C2)cc1. The van der Waals surface area contributed by atoms with Crippen LogP contribution in [0.15, 0.2) is 24.3 Å². The van der Waals surface area contributed by atoms with E-state index >= 15 is 0 Å². The first kappa shape index (κ1) is 13.4. The van der Waals surface area contributed by atoms with E-state index in [2.05, 4.69) is 43.0 Å². The molecule has 0 radical (unpaired) electrons. The molecule has 0 aromatic heterocycles. The van der Waals surface area contributed by atoms with Gasteiger partial charge in [-0.3, -0.25) is 0 Å². The smallest absolute Gasteiger partial charge is 0.0787 e. The van der Waals surface area contributed by atoms with E-state index in [9.17, 15) is 5.11 Å². The molecule has 18 heavy (non-hydrogen) atoms. The molecule has 1 aliphatic heterocycles. The number of hydrogen-bond donors (Lipinski definition) is 1. The minimum absolute atomic E-state index is 0.322. The lowest BCUT2D eigenvalue weighted by molar-refractivity contribution is 0.173. The van der Waals surface area contributed by atoms with Gasteiger partial charge in [-0.2, -0.15) is 0 Å². The number of hydrogen-bond acceptors (Lipinski definition) is 2. The Morgan fingerprint density at radius 2 is 1.94 bits per heavy atom. The van der Waals surface area contributed by atoms with Gasteiger partial charge in [0.25, 0.3) is 0 Å². The molecule has 100 valence electrons. The molecule has 1 atom stereocenters. The van der Waals surface area contributed by atoms with Crippen LogP contribution in [0.1, 0.15) is 51.7 Å². The van der Waals surface area contributed by atoms with Gasteiger partial charge >= 0.3 is 0 Å². The average molecular weight is 247 g/mol. The molecule has 0 unspecified atom stereocenters. The highest BCUT2D eigenvalue weighted by Crippen LogP contribution is 2.32. The summed E-state index contributed by atoms with van der Waals surface area (Å²) in [5.74, 6) is 0. The molecule has 1 aliphatic rings. The molecule has 1 aromatic rings. The van der Waals surface area contributed by atoms with Gasteiger partial charge < -0.3 is 10.0 Å². The van der Waals surface area contributed by atoms with Gasteiger partial charge in [0.1, 0.15) is 0 Å². The average Bonchev–Trinajstić information content (AvgIpc) is 2.37. The summed E-state index contributed by atoms with van der Waals surface area (Å²) < 4.78 is 0. The number of benzene rings is 1. The van der Waals surface area contributed by atoms with E-state index in [0.29, 0.717) is 5.41 Å². The quantitative estimate of drug-likeness (QED) is 0.879. The number of aliphatic hydroxyl groups is 1. The Morgan fingerprint density at radius 3 is 2.50 bits per heavy atom. The number of aliphatic hydroxyl groups excluding tert-OH is 1. The Labute approximate surface area is 111 Å². The van der Waals surface area contributed by atoms with Crippen molar-refractivity contribution in [3.8, 4) is 0 Å². The summed E-state index contributed by atoms with van der Waals surface area (Å²) in [7, 11) is 0. The molecule has 2 nitrogen and oxygen atoms in total. The summed E-state index contributed by atoms with van der Waals surface area (Å²) in [6, 6.07) is 8.42. The maximum Gasteiger partial charge on any atom is 0.0787 e. The largest absolute Gasteiger partial charge is 0.388 e. The van der Waals surface area contributed by atoms with Gasteiger partial charge in [0, 0.05) is 18.8 Å². The molecule has 1 fully saturated rings. The van der Waals surface area contributed by atoms with Gasteiger partial charge in [-0.15, -0.1) is 0 Å². The molecule has 2 heteroatoms. The normalized spacial score (nSPS) is 20.8. The van der Waals surface area contributed by atoms with Crippen LogP contribution < -0.4 is 4.90 Å².